The van der Waals surface area contributed by atoms with Gasteiger partial charge in [-0.05, 0) is 12.0 Å². The van der Waals surface area contributed by atoms with Crippen LogP contribution < -0.4 is 10.6 Å². The van der Waals surface area contributed by atoms with Gasteiger partial charge in [-0.25, -0.2) is 0 Å². The molecule has 3 heteroatoms. The molecule has 1 atom stereocenters. The molecule has 0 aromatic heterocycles. The maximum absolute atomic E-state index is 11.4. The Bertz CT molecular complexity index is 349. The molecule has 3 nitrogen and oxygen atoms in total. The van der Waals surface area contributed by atoms with Gasteiger partial charge >= 0.3 is 0 Å². The van der Waals surface area contributed by atoms with Crippen molar-refractivity contribution in [2.24, 2.45) is 5.92 Å². The van der Waals surface area contributed by atoms with Crippen LogP contribution in [-0.4, -0.2) is 19.0 Å². The molecular formula is C15H24N2O. The van der Waals surface area contributed by atoms with E-state index in [4.69, 9.17) is 0 Å². The smallest absolute Gasteiger partial charge is 0.222 e. The van der Waals surface area contributed by atoms with Crippen LogP contribution >= 0.6 is 0 Å². The standard InChI is InChI=1S/C15H24N2O/c1-4-14(13-8-6-5-7-9-13)16-10-11-17-15(18)12(2)3/h5-9,12,14,16H,4,10-11H2,1-3H3,(H,17,18). The fraction of sp³-hybridized carbons (Fsp3) is 0.533. The highest BCUT2D eigenvalue weighted by Crippen LogP contribution is 2.15. The number of amides is 1. The first-order valence-corrected chi connectivity index (χ1v) is 6.71. The lowest BCUT2D eigenvalue weighted by Crippen LogP contribution is -2.35. The van der Waals surface area contributed by atoms with Gasteiger partial charge in [0.2, 0.25) is 5.91 Å². The second-order valence-electron chi connectivity index (χ2n) is 4.77. The van der Waals surface area contributed by atoms with Crippen molar-refractivity contribution in [1.82, 2.24) is 10.6 Å². The van der Waals surface area contributed by atoms with E-state index in [1.165, 1.54) is 5.56 Å². The van der Waals surface area contributed by atoms with Gasteiger partial charge in [-0.15, -0.1) is 0 Å². The summed E-state index contributed by atoms with van der Waals surface area (Å²) < 4.78 is 0. The molecule has 0 spiro atoms. The summed E-state index contributed by atoms with van der Waals surface area (Å²) in [6, 6.07) is 10.8. The minimum atomic E-state index is 0.0566. The lowest BCUT2D eigenvalue weighted by molar-refractivity contribution is -0.123. The molecule has 0 aliphatic heterocycles. The van der Waals surface area contributed by atoms with Crippen LogP contribution in [-0.2, 0) is 4.79 Å². The van der Waals surface area contributed by atoms with Crippen LogP contribution in [0.3, 0.4) is 0 Å². The van der Waals surface area contributed by atoms with Gasteiger partial charge in [0.1, 0.15) is 0 Å². The second-order valence-corrected chi connectivity index (χ2v) is 4.77. The largest absolute Gasteiger partial charge is 0.355 e. The molecule has 0 radical (unpaired) electrons. The van der Waals surface area contributed by atoms with E-state index in [1.54, 1.807) is 0 Å². The number of benzene rings is 1. The number of carbonyl (C=O) groups is 1. The van der Waals surface area contributed by atoms with Gasteiger partial charge in [-0.3, -0.25) is 4.79 Å². The molecule has 1 unspecified atom stereocenters. The van der Waals surface area contributed by atoms with Crippen LogP contribution in [0.15, 0.2) is 30.3 Å². The maximum atomic E-state index is 11.4. The highest BCUT2D eigenvalue weighted by Gasteiger charge is 2.08. The van der Waals surface area contributed by atoms with Crippen molar-refractivity contribution in [3.05, 3.63) is 35.9 Å². The molecule has 1 rings (SSSR count). The first kappa shape index (κ1) is 14.7. The fourth-order valence-corrected chi connectivity index (χ4v) is 1.82. The molecule has 0 saturated heterocycles. The molecule has 1 aromatic carbocycles. The zero-order chi connectivity index (χ0) is 13.4. The highest BCUT2D eigenvalue weighted by molar-refractivity contribution is 5.77. The van der Waals surface area contributed by atoms with Crippen LogP contribution in [0.2, 0.25) is 0 Å². The zero-order valence-corrected chi connectivity index (χ0v) is 11.6. The third kappa shape index (κ3) is 4.88. The average Bonchev–Trinajstić information content (AvgIpc) is 2.39. The van der Waals surface area contributed by atoms with Crippen LogP contribution in [0.4, 0.5) is 0 Å². The summed E-state index contributed by atoms with van der Waals surface area (Å²) in [4.78, 5) is 11.4. The minimum Gasteiger partial charge on any atom is -0.355 e. The van der Waals surface area contributed by atoms with Crippen LogP contribution in [0.1, 0.15) is 38.8 Å². The third-order valence-electron chi connectivity index (χ3n) is 2.95. The Morgan fingerprint density at radius 3 is 2.39 bits per heavy atom. The van der Waals surface area contributed by atoms with Gasteiger partial charge in [0, 0.05) is 25.0 Å². The quantitative estimate of drug-likeness (QED) is 0.728. The summed E-state index contributed by atoms with van der Waals surface area (Å²) in [6.07, 6.45) is 1.04. The maximum Gasteiger partial charge on any atom is 0.222 e. The number of rotatable bonds is 7. The average molecular weight is 248 g/mol. The number of nitrogens with one attached hydrogen (secondary N) is 2. The Balaban J connectivity index is 2.31. The SMILES string of the molecule is CCC(NCCNC(=O)C(C)C)c1ccccc1. The third-order valence-corrected chi connectivity index (χ3v) is 2.95. The number of carbonyl (C=O) groups excluding carboxylic acids is 1. The normalized spacial score (nSPS) is 12.4. The molecule has 100 valence electrons. The fourth-order valence-electron chi connectivity index (χ4n) is 1.82. The van der Waals surface area contributed by atoms with Gasteiger partial charge < -0.3 is 10.6 Å². The van der Waals surface area contributed by atoms with E-state index in [0.29, 0.717) is 12.6 Å². The van der Waals surface area contributed by atoms with E-state index in [1.807, 2.05) is 19.9 Å². The Labute approximate surface area is 110 Å². The number of hydrogen-bond acceptors (Lipinski definition) is 2. The van der Waals surface area contributed by atoms with E-state index in [9.17, 15) is 4.79 Å². The predicted octanol–water partition coefficient (Wildman–Crippen LogP) is 2.50. The molecule has 0 saturated carbocycles. The van der Waals surface area contributed by atoms with Gasteiger partial charge in [-0.1, -0.05) is 51.1 Å². The van der Waals surface area contributed by atoms with Gasteiger partial charge in [-0.2, -0.15) is 0 Å². The van der Waals surface area contributed by atoms with E-state index in [2.05, 4.69) is 41.8 Å². The molecule has 0 aliphatic carbocycles. The van der Waals surface area contributed by atoms with E-state index >= 15 is 0 Å². The zero-order valence-electron chi connectivity index (χ0n) is 11.6. The molecule has 0 fully saturated rings. The monoisotopic (exact) mass is 248 g/mol. The minimum absolute atomic E-state index is 0.0566. The van der Waals surface area contributed by atoms with Gasteiger partial charge in [0.25, 0.3) is 0 Å². The predicted molar refractivity (Wildman–Crippen MR) is 75.3 cm³/mol. The first-order valence-electron chi connectivity index (χ1n) is 6.71. The van der Waals surface area contributed by atoms with Gasteiger partial charge in [0.05, 0.1) is 0 Å². The van der Waals surface area contributed by atoms with Crippen LogP contribution in [0.5, 0.6) is 0 Å². The number of hydrogen-bond donors (Lipinski definition) is 2. The summed E-state index contributed by atoms with van der Waals surface area (Å²) in [7, 11) is 0. The Morgan fingerprint density at radius 2 is 1.83 bits per heavy atom. The Hall–Kier alpha value is -1.35. The first-order chi connectivity index (χ1) is 8.65. The second kappa shape index (κ2) is 7.88. The van der Waals surface area contributed by atoms with E-state index in [0.717, 1.165) is 13.0 Å². The molecule has 1 amide bonds. The highest BCUT2D eigenvalue weighted by atomic mass is 16.1. The van der Waals surface area contributed by atoms with E-state index < -0.39 is 0 Å². The lowest BCUT2D eigenvalue weighted by Gasteiger charge is -2.17. The molecule has 0 bridgehead atoms. The summed E-state index contributed by atoms with van der Waals surface area (Å²) in [6.45, 7) is 7.45. The molecule has 1 aromatic rings. The molecular weight excluding hydrogens is 224 g/mol. The van der Waals surface area contributed by atoms with Crippen molar-refractivity contribution in [3.8, 4) is 0 Å². The summed E-state index contributed by atoms with van der Waals surface area (Å²) in [5, 5.41) is 6.38. The van der Waals surface area contributed by atoms with Crippen molar-refractivity contribution in [3.63, 3.8) is 0 Å². The lowest BCUT2D eigenvalue weighted by atomic mass is 10.0. The molecule has 2 N–H and O–H groups in total. The van der Waals surface area contributed by atoms with Crippen LogP contribution in [0, 0.1) is 5.92 Å². The summed E-state index contributed by atoms with van der Waals surface area (Å²) >= 11 is 0. The van der Waals surface area contributed by atoms with Gasteiger partial charge in [0.15, 0.2) is 0 Å². The van der Waals surface area contributed by atoms with E-state index in [-0.39, 0.29) is 11.8 Å². The van der Waals surface area contributed by atoms with Crippen molar-refractivity contribution in [1.29, 1.82) is 0 Å². The van der Waals surface area contributed by atoms with Crippen molar-refractivity contribution < 1.29 is 4.79 Å². The summed E-state index contributed by atoms with van der Waals surface area (Å²) in [5.41, 5.74) is 1.30. The Kier molecular flexibility index (Phi) is 6.44. The van der Waals surface area contributed by atoms with Crippen LogP contribution in [0.25, 0.3) is 0 Å². The molecule has 18 heavy (non-hydrogen) atoms. The molecule has 0 aliphatic rings. The van der Waals surface area contributed by atoms with Crippen molar-refractivity contribution in [2.45, 2.75) is 33.2 Å². The van der Waals surface area contributed by atoms with Crippen molar-refractivity contribution in [2.75, 3.05) is 13.1 Å². The van der Waals surface area contributed by atoms with Crippen molar-refractivity contribution >= 4 is 5.91 Å². The molecule has 0 heterocycles. The Morgan fingerprint density at radius 1 is 1.17 bits per heavy atom. The topological polar surface area (TPSA) is 41.1 Å². The summed E-state index contributed by atoms with van der Waals surface area (Å²) in [5.74, 6) is 0.172.